The summed E-state index contributed by atoms with van der Waals surface area (Å²) in [5.41, 5.74) is 2.31. The summed E-state index contributed by atoms with van der Waals surface area (Å²) in [5.74, 6) is 0.216. The van der Waals surface area contributed by atoms with E-state index in [1.165, 1.54) is 4.80 Å². The van der Waals surface area contributed by atoms with Gasteiger partial charge in [-0.3, -0.25) is 0 Å². The maximum atomic E-state index is 9.21. The van der Waals surface area contributed by atoms with Crippen LogP contribution in [0, 0.1) is 0 Å². The molecule has 0 bridgehead atoms. The molecule has 0 atom stereocenters. The molecule has 2 aromatic carbocycles. The molecule has 0 saturated heterocycles. The summed E-state index contributed by atoms with van der Waals surface area (Å²) in [4.78, 5) is 1.51. The van der Waals surface area contributed by atoms with E-state index in [1.807, 2.05) is 6.07 Å². The molecule has 84 valence electrons. The zero-order valence-corrected chi connectivity index (χ0v) is 9.46. The molecule has 0 spiro atoms. The number of halogens is 1. The van der Waals surface area contributed by atoms with Crippen molar-refractivity contribution >= 4 is 22.6 Å². The predicted octanol–water partition coefficient (Wildman–Crippen LogP) is 2.78. The van der Waals surface area contributed by atoms with E-state index in [1.54, 1.807) is 36.4 Å². The van der Waals surface area contributed by atoms with Crippen molar-refractivity contribution in [3.63, 3.8) is 0 Å². The summed E-state index contributed by atoms with van der Waals surface area (Å²) in [6.45, 7) is 0. The van der Waals surface area contributed by atoms with Crippen molar-refractivity contribution in [1.29, 1.82) is 0 Å². The molecular formula is C12H8ClN3O. The molecular weight excluding hydrogens is 238 g/mol. The van der Waals surface area contributed by atoms with Gasteiger partial charge in [0.1, 0.15) is 16.8 Å². The maximum Gasteiger partial charge on any atom is 0.115 e. The summed E-state index contributed by atoms with van der Waals surface area (Å²) in [5, 5.41) is 18.5. The van der Waals surface area contributed by atoms with Crippen molar-refractivity contribution in [3.05, 3.63) is 47.5 Å². The highest BCUT2D eigenvalue weighted by Gasteiger charge is 2.04. The number of fused-ring (bicyclic) bond motifs is 1. The van der Waals surface area contributed by atoms with Gasteiger partial charge in [-0.2, -0.15) is 4.80 Å². The Hall–Kier alpha value is -2.07. The SMILES string of the molecule is Oc1ccc(-n2nc3ccc(Cl)cc3n2)cc1. The first kappa shape index (κ1) is 10.1. The highest BCUT2D eigenvalue weighted by Crippen LogP contribution is 2.18. The van der Waals surface area contributed by atoms with Gasteiger partial charge >= 0.3 is 0 Å². The van der Waals surface area contributed by atoms with E-state index in [4.69, 9.17) is 11.6 Å². The van der Waals surface area contributed by atoms with Gasteiger partial charge in [0, 0.05) is 5.02 Å². The van der Waals surface area contributed by atoms with Crippen LogP contribution in [0.3, 0.4) is 0 Å². The Morgan fingerprint density at radius 3 is 2.41 bits per heavy atom. The summed E-state index contributed by atoms with van der Waals surface area (Å²) in [6, 6.07) is 12.0. The van der Waals surface area contributed by atoms with E-state index in [0.717, 1.165) is 16.7 Å². The number of aromatic nitrogens is 3. The number of aromatic hydroxyl groups is 1. The minimum absolute atomic E-state index is 0.216. The van der Waals surface area contributed by atoms with Crippen molar-refractivity contribution in [2.45, 2.75) is 0 Å². The van der Waals surface area contributed by atoms with Crippen LogP contribution >= 0.6 is 11.6 Å². The fourth-order valence-corrected chi connectivity index (χ4v) is 1.76. The van der Waals surface area contributed by atoms with Crippen LogP contribution in [-0.4, -0.2) is 20.1 Å². The topological polar surface area (TPSA) is 50.9 Å². The molecule has 1 aromatic heterocycles. The third-order valence-electron chi connectivity index (χ3n) is 2.42. The summed E-state index contributed by atoms with van der Waals surface area (Å²) < 4.78 is 0. The lowest BCUT2D eigenvalue weighted by atomic mass is 10.3. The molecule has 1 N–H and O–H groups in total. The zero-order valence-electron chi connectivity index (χ0n) is 8.71. The van der Waals surface area contributed by atoms with Crippen LogP contribution in [0.25, 0.3) is 16.7 Å². The number of phenolic OH excluding ortho intramolecular Hbond substituents is 1. The second-order valence-electron chi connectivity index (χ2n) is 3.64. The molecule has 4 nitrogen and oxygen atoms in total. The standard InChI is InChI=1S/C12H8ClN3O/c13-8-1-6-11-12(7-8)15-16(14-11)9-2-4-10(17)5-3-9/h1-7,17H. The molecule has 0 aliphatic rings. The summed E-state index contributed by atoms with van der Waals surface area (Å²) in [6.07, 6.45) is 0. The Labute approximate surface area is 102 Å². The first-order chi connectivity index (χ1) is 8.22. The molecule has 0 aliphatic carbocycles. The van der Waals surface area contributed by atoms with Gasteiger partial charge in [-0.15, -0.1) is 10.2 Å². The van der Waals surface area contributed by atoms with Crippen LogP contribution in [0.4, 0.5) is 0 Å². The molecule has 0 aliphatic heterocycles. The van der Waals surface area contributed by atoms with Gasteiger partial charge in [-0.05, 0) is 42.5 Å². The van der Waals surface area contributed by atoms with E-state index >= 15 is 0 Å². The number of phenols is 1. The van der Waals surface area contributed by atoms with Gasteiger partial charge in [-0.1, -0.05) is 11.6 Å². The number of hydrogen-bond donors (Lipinski definition) is 1. The lowest BCUT2D eigenvalue weighted by Crippen LogP contribution is -1.97. The van der Waals surface area contributed by atoms with E-state index < -0.39 is 0 Å². The predicted molar refractivity (Wildman–Crippen MR) is 65.5 cm³/mol. The number of rotatable bonds is 1. The second kappa shape index (κ2) is 3.75. The number of nitrogens with zero attached hydrogens (tertiary/aromatic N) is 3. The van der Waals surface area contributed by atoms with Crippen molar-refractivity contribution < 1.29 is 5.11 Å². The summed E-state index contributed by atoms with van der Waals surface area (Å²) in [7, 11) is 0. The first-order valence-corrected chi connectivity index (χ1v) is 5.42. The Bertz CT molecular complexity index is 676. The second-order valence-corrected chi connectivity index (χ2v) is 4.08. The third kappa shape index (κ3) is 1.83. The lowest BCUT2D eigenvalue weighted by molar-refractivity contribution is 0.475. The average molecular weight is 246 g/mol. The van der Waals surface area contributed by atoms with Crippen LogP contribution in [0.5, 0.6) is 5.75 Å². The third-order valence-corrected chi connectivity index (χ3v) is 2.66. The molecule has 0 unspecified atom stereocenters. The van der Waals surface area contributed by atoms with Gasteiger partial charge in [0.2, 0.25) is 0 Å². The molecule has 0 saturated carbocycles. The highest BCUT2D eigenvalue weighted by molar-refractivity contribution is 6.31. The Balaban J connectivity index is 2.14. The van der Waals surface area contributed by atoms with Gasteiger partial charge < -0.3 is 5.11 Å². The van der Waals surface area contributed by atoms with E-state index in [9.17, 15) is 5.11 Å². The van der Waals surface area contributed by atoms with Crippen molar-refractivity contribution in [2.24, 2.45) is 0 Å². The lowest BCUT2D eigenvalue weighted by Gasteiger charge is -1.98. The van der Waals surface area contributed by atoms with Crippen LogP contribution < -0.4 is 0 Å². The van der Waals surface area contributed by atoms with E-state index in [2.05, 4.69) is 10.2 Å². The monoisotopic (exact) mass is 245 g/mol. The van der Waals surface area contributed by atoms with Crippen LogP contribution in [0.15, 0.2) is 42.5 Å². The molecule has 1 heterocycles. The molecule has 0 radical (unpaired) electrons. The number of benzene rings is 2. The van der Waals surface area contributed by atoms with Crippen molar-refractivity contribution in [1.82, 2.24) is 15.0 Å². The largest absolute Gasteiger partial charge is 0.508 e. The Morgan fingerprint density at radius 2 is 1.65 bits per heavy atom. The van der Waals surface area contributed by atoms with Crippen molar-refractivity contribution in [3.8, 4) is 11.4 Å². The zero-order chi connectivity index (χ0) is 11.8. The van der Waals surface area contributed by atoms with Gasteiger partial charge in [0.05, 0.1) is 5.69 Å². The normalized spacial score (nSPS) is 10.9. The molecule has 17 heavy (non-hydrogen) atoms. The van der Waals surface area contributed by atoms with Crippen LogP contribution in [0.2, 0.25) is 5.02 Å². The maximum absolute atomic E-state index is 9.21. The molecule has 0 fully saturated rings. The van der Waals surface area contributed by atoms with Crippen LogP contribution in [0.1, 0.15) is 0 Å². The summed E-state index contributed by atoms with van der Waals surface area (Å²) >= 11 is 5.88. The Morgan fingerprint density at radius 1 is 0.941 bits per heavy atom. The molecule has 3 aromatic rings. The Kier molecular flexibility index (Phi) is 2.23. The quantitative estimate of drug-likeness (QED) is 0.717. The van der Waals surface area contributed by atoms with Crippen molar-refractivity contribution in [2.75, 3.05) is 0 Å². The minimum atomic E-state index is 0.216. The highest BCUT2D eigenvalue weighted by atomic mass is 35.5. The van der Waals surface area contributed by atoms with Crippen LogP contribution in [-0.2, 0) is 0 Å². The van der Waals surface area contributed by atoms with E-state index in [0.29, 0.717) is 5.02 Å². The smallest absolute Gasteiger partial charge is 0.115 e. The van der Waals surface area contributed by atoms with Gasteiger partial charge in [-0.25, -0.2) is 0 Å². The minimum Gasteiger partial charge on any atom is -0.508 e. The first-order valence-electron chi connectivity index (χ1n) is 5.04. The average Bonchev–Trinajstić information content (AvgIpc) is 2.72. The van der Waals surface area contributed by atoms with E-state index in [-0.39, 0.29) is 5.75 Å². The molecule has 5 heteroatoms. The molecule has 3 rings (SSSR count). The number of hydrogen-bond acceptors (Lipinski definition) is 3. The van der Waals surface area contributed by atoms with Gasteiger partial charge in [0.15, 0.2) is 0 Å². The van der Waals surface area contributed by atoms with Gasteiger partial charge in [0.25, 0.3) is 0 Å². The molecule has 0 amide bonds. The fraction of sp³-hybridized carbons (Fsp3) is 0. The fourth-order valence-electron chi connectivity index (χ4n) is 1.59.